The van der Waals surface area contributed by atoms with Crippen molar-refractivity contribution in [3.8, 4) is 5.75 Å². The van der Waals surface area contributed by atoms with E-state index in [-0.39, 0.29) is 11.5 Å². The lowest BCUT2D eigenvalue weighted by atomic mass is 10.2. The summed E-state index contributed by atoms with van der Waals surface area (Å²) >= 11 is 7.35. The molecule has 0 radical (unpaired) electrons. The van der Waals surface area contributed by atoms with Gasteiger partial charge in [-0.2, -0.15) is 0 Å². The summed E-state index contributed by atoms with van der Waals surface area (Å²) in [6.07, 6.45) is 0. The molecule has 146 valence electrons. The van der Waals surface area contributed by atoms with Gasteiger partial charge in [0.15, 0.2) is 5.16 Å². The van der Waals surface area contributed by atoms with Crippen LogP contribution in [0, 0.1) is 0 Å². The molecule has 0 saturated carbocycles. The predicted molar refractivity (Wildman–Crippen MR) is 114 cm³/mol. The summed E-state index contributed by atoms with van der Waals surface area (Å²) in [6, 6.07) is 12.2. The molecule has 0 aliphatic rings. The highest BCUT2D eigenvalue weighted by Crippen LogP contribution is 2.28. The number of para-hydroxylation sites is 1. The van der Waals surface area contributed by atoms with Crippen LogP contribution >= 0.6 is 23.4 Å². The van der Waals surface area contributed by atoms with Crippen molar-refractivity contribution in [2.24, 2.45) is 0 Å². The Kier molecular flexibility index (Phi) is 6.26. The highest BCUT2D eigenvalue weighted by Gasteiger charge is 2.19. The number of carbonyl (C=O) groups is 1. The van der Waals surface area contributed by atoms with E-state index in [1.807, 2.05) is 19.1 Å². The molecule has 28 heavy (non-hydrogen) atoms. The Morgan fingerprint density at radius 3 is 2.75 bits per heavy atom. The normalized spacial score (nSPS) is 12.0. The fourth-order valence-electron chi connectivity index (χ4n) is 2.72. The van der Waals surface area contributed by atoms with Gasteiger partial charge in [-0.25, -0.2) is 4.98 Å². The number of amides is 1. The molecular weight excluding hydrogens is 398 g/mol. The molecule has 0 fully saturated rings. The van der Waals surface area contributed by atoms with Crippen LogP contribution in [0.5, 0.6) is 5.75 Å². The zero-order valence-electron chi connectivity index (χ0n) is 15.7. The number of carbonyl (C=O) groups excluding carboxylic acids is 1. The molecule has 3 rings (SSSR count). The van der Waals surface area contributed by atoms with E-state index in [9.17, 15) is 9.59 Å². The summed E-state index contributed by atoms with van der Waals surface area (Å²) in [4.78, 5) is 29.9. The minimum Gasteiger partial charge on any atom is -0.495 e. The standard InChI is InChI=1S/C20H20ClN3O3S/c1-4-24-19(26)14-7-5-6-8-16(14)23-20(24)28-12(2)18(25)22-13-9-10-17(27-3)15(21)11-13/h5-12H,4H2,1-3H3,(H,22,25). The van der Waals surface area contributed by atoms with Crippen molar-refractivity contribution < 1.29 is 9.53 Å². The molecule has 1 heterocycles. The third-order valence-corrected chi connectivity index (χ3v) is 5.60. The van der Waals surface area contributed by atoms with Gasteiger partial charge in [-0.1, -0.05) is 35.5 Å². The Morgan fingerprint density at radius 1 is 1.32 bits per heavy atom. The summed E-state index contributed by atoms with van der Waals surface area (Å²) in [5, 5.41) is 3.86. The van der Waals surface area contributed by atoms with E-state index in [0.29, 0.717) is 39.1 Å². The van der Waals surface area contributed by atoms with Crippen LogP contribution in [0.1, 0.15) is 13.8 Å². The van der Waals surface area contributed by atoms with E-state index in [1.54, 1.807) is 41.8 Å². The van der Waals surface area contributed by atoms with Crippen molar-refractivity contribution in [2.75, 3.05) is 12.4 Å². The van der Waals surface area contributed by atoms with Gasteiger partial charge in [-0.15, -0.1) is 0 Å². The molecule has 0 aliphatic heterocycles. The lowest BCUT2D eigenvalue weighted by Crippen LogP contribution is -2.26. The van der Waals surface area contributed by atoms with E-state index in [4.69, 9.17) is 16.3 Å². The molecule has 1 N–H and O–H groups in total. The second-order valence-corrected chi connectivity index (χ2v) is 7.77. The third kappa shape index (κ3) is 4.15. The first kappa shape index (κ1) is 20.2. The van der Waals surface area contributed by atoms with Crippen molar-refractivity contribution in [3.05, 3.63) is 57.8 Å². The maximum Gasteiger partial charge on any atom is 0.262 e. The molecule has 0 aliphatic carbocycles. The molecule has 1 amide bonds. The van der Waals surface area contributed by atoms with Crippen LogP contribution in [-0.2, 0) is 11.3 Å². The van der Waals surface area contributed by atoms with Gasteiger partial charge in [0.25, 0.3) is 5.56 Å². The highest BCUT2D eigenvalue weighted by atomic mass is 35.5. The molecule has 1 aromatic heterocycles. The first-order chi connectivity index (χ1) is 13.4. The van der Waals surface area contributed by atoms with Gasteiger partial charge >= 0.3 is 0 Å². The van der Waals surface area contributed by atoms with E-state index >= 15 is 0 Å². The van der Waals surface area contributed by atoms with E-state index < -0.39 is 5.25 Å². The van der Waals surface area contributed by atoms with Crippen LogP contribution in [0.4, 0.5) is 5.69 Å². The summed E-state index contributed by atoms with van der Waals surface area (Å²) in [5.41, 5.74) is 1.09. The summed E-state index contributed by atoms with van der Waals surface area (Å²) in [6.45, 7) is 4.12. The minimum atomic E-state index is -0.466. The molecule has 1 atom stereocenters. The van der Waals surface area contributed by atoms with Gasteiger partial charge in [0.1, 0.15) is 5.75 Å². The zero-order valence-corrected chi connectivity index (χ0v) is 17.3. The number of fused-ring (bicyclic) bond motifs is 1. The van der Waals surface area contributed by atoms with Crippen molar-refractivity contribution in [2.45, 2.75) is 30.8 Å². The van der Waals surface area contributed by atoms with Crippen LogP contribution in [0.2, 0.25) is 5.02 Å². The number of thioether (sulfide) groups is 1. The van der Waals surface area contributed by atoms with E-state index in [1.165, 1.54) is 18.9 Å². The Hall–Kier alpha value is -2.51. The average molecular weight is 418 g/mol. The zero-order chi connectivity index (χ0) is 20.3. The molecule has 1 unspecified atom stereocenters. The van der Waals surface area contributed by atoms with Crippen LogP contribution in [0.15, 0.2) is 52.4 Å². The Labute approximate surface area is 171 Å². The molecule has 2 aromatic carbocycles. The van der Waals surface area contributed by atoms with Crippen LogP contribution in [0.3, 0.4) is 0 Å². The first-order valence-corrected chi connectivity index (χ1v) is 10.0. The van der Waals surface area contributed by atoms with E-state index in [0.717, 1.165) is 0 Å². The number of nitrogens with one attached hydrogen (secondary N) is 1. The number of nitrogens with zero attached hydrogens (tertiary/aromatic N) is 2. The van der Waals surface area contributed by atoms with Crippen molar-refractivity contribution >= 4 is 45.9 Å². The summed E-state index contributed by atoms with van der Waals surface area (Å²) < 4.78 is 6.70. The minimum absolute atomic E-state index is 0.106. The maximum atomic E-state index is 12.7. The maximum absolute atomic E-state index is 12.7. The predicted octanol–water partition coefficient (Wildman–Crippen LogP) is 4.20. The van der Waals surface area contributed by atoms with E-state index in [2.05, 4.69) is 10.3 Å². The van der Waals surface area contributed by atoms with Crippen LogP contribution < -0.4 is 15.6 Å². The van der Waals surface area contributed by atoms with Crippen LogP contribution in [-0.4, -0.2) is 27.8 Å². The second-order valence-electron chi connectivity index (χ2n) is 6.06. The fourth-order valence-corrected chi connectivity index (χ4v) is 3.95. The number of benzene rings is 2. The number of hydrogen-bond acceptors (Lipinski definition) is 5. The van der Waals surface area contributed by atoms with Crippen molar-refractivity contribution in [1.82, 2.24) is 9.55 Å². The van der Waals surface area contributed by atoms with Gasteiger partial charge in [0.2, 0.25) is 5.91 Å². The number of halogens is 1. The van der Waals surface area contributed by atoms with Gasteiger partial charge in [-0.05, 0) is 44.2 Å². The molecule has 8 heteroatoms. The fraction of sp³-hybridized carbons (Fsp3) is 0.250. The quantitative estimate of drug-likeness (QED) is 0.480. The SMILES string of the molecule is CCn1c(SC(C)C(=O)Nc2ccc(OC)c(Cl)c2)nc2ccccc2c1=O. The third-order valence-electron chi connectivity index (χ3n) is 4.21. The topological polar surface area (TPSA) is 73.2 Å². The number of hydrogen-bond donors (Lipinski definition) is 1. The number of ether oxygens (including phenoxy) is 1. The van der Waals surface area contributed by atoms with Gasteiger partial charge in [0.05, 0.1) is 28.3 Å². The Morgan fingerprint density at radius 2 is 2.07 bits per heavy atom. The molecule has 6 nitrogen and oxygen atoms in total. The average Bonchev–Trinajstić information content (AvgIpc) is 2.68. The lowest BCUT2D eigenvalue weighted by Gasteiger charge is -2.15. The number of rotatable bonds is 6. The molecule has 3 aromatic rings. The number of anilines is 1. The van der Waals surface area contributed by atoms with Gasteiger partial charge in [0, 0.05) is 12.2 Å². The smallest absolute Gasteiger partial charge is 0.262 e. The lowest BCUT2D eigenvalue weighted by molar-refractivity contribution is -0.115. The molecule has 0 saturated heterocycles. The van der Waals surface area contributed by atoms with Crippen molar-refractivity contribution in [1.29, 1.82) is 0 Å². The summed E-state index contributed by atoms with van der Waals surface area (Å²) in [7, 11) is 1.53. The second kappa shape index (κ2) is 8.67. The summed E-state index contributed by atoms with van der Waals surface area (Å²) in [5.74, 6) is 0.325. The highest BCUT2D eigenvalue weighted by molar-refractivity contribution is 8.00. The number of methoxy groups -OCH3 is 1. The van der Waals surface area contributed by atoms with Crippen LogP contribution in [0.25, 0.3) is 10.9 Å². The molecular formula is C20H20ClN3O3S. The van der Waals surface area contributed by atoms with Gasteiger partial charge < -0.3 is 10.1 Å². The Balaban J connectivity index is 1.82. The monoisotopic (exact) mass is 417 g/mol. The van der Waals surface area contributed by atoms with Crippen molar-refractivity contribution in [3.63, 3.8) is 0 Å². The van der Waals surface area contributed by atoms with Gasteiger partial charge in [-0.3, -0.25) is 14.2 Å². The molecule has 0 spiro atoms. The molecule has 0 bridgehead atoms. The largest absolute Gasteiger partial charge is 0.495 e. The first-order valence-electron chi connectivity index (χ1n) is 8.75. The number of aromatic nitrogens is 2. The Bertz CT molecular complexity index is 1080.